The minimum absolute atomic E-state index is 0.0682. The number of hydrogen-bond donors (Lipinski definition) is 0. The molecule has 0 radical (unpaired) electrons. The molecule has 0 unspecified atom stereocenters. The van der Waals surface area contributed by atoms with Crippen LogP contribution in [-0.4, -0.2) is 8.32 Å². The van der Waals surface area contributed by atoms with Crippen LogP contribution in [0.3, 0.4) is 0 Å². The van der Waals surface area contributed by atoms with Gasteiger partial charge in [-0.25, -0.2) is 0 Å². The molecule has 0 N–H and O–H groups in total. The predicted octanol–water partition coefficient (Wildman–Crippen LogP) is 5.87. The lowest BCUT2D eigenvalue weighted by Gasteiger charge is -2.42. The summed E-state index contributed by atoms with van der Waals surface area (Å²) < 4.78 is 6.61. The highest BCUT2D eigenvalue weighted by molar-refractivity contribution is 6.78. The number of nitriles is 1. The van der Waals surface area contributed by atoms with Gasteiger partial charge in [0.25, 0.3) is 8.32 Å². The van der Waals surface area contributed by atoms with Gasteiger partial charge in [0.15, 0.2) is 0 Å². The molecule has 0 amide bonds. The van der Waals surface area contributed by atoms with Gasteiger partial charge in [0.05, 0.1) is 12.0 Å². The van der Waals surface area contributed by atoms with Crippen molar-refractivity contribution in [3.63, 3.8) is 0 Å². The molecule has 0 heterocycles. The third-order valence-electron chi connectivity index (χ3n) is 4.58. The van der Waals surface area contributed by atoms with Gasteiger partial charge in [-0.15, -0.1) is 0 Å². The van der Waals surface area contributed by atoms with Crippen LogP contribution >= 0.6 is 0 Å². The summed E-state index contributed by atoms with van der Waals surface area (Å²) in [5.41, 5.74) is 2.75. The summed E-state index contributed by atoms with van der Waals surface area (Å²) in [5, 5.41) is 8.99. The fourth-order valence-corrected chi connectivity index (χ4v) is 8.71. The van der Waals surface area contributed by atoms with Crippen molar-refractivity contribution < 1.29 is 4.43 Å². The van der Waals surface area contributed by atoms with E-state index >= 15 is 0 Å². The predicted molar refractivity (Wildman–Crippen MR) is 92.1 cm³/mol. The number of nitrogens with zero attached hydrogens (tertiary/aromatic N) is 1. The van der Waals surface area contributed by atoms with Crippen molar-refractivity contribution in [2.75, 3.05) is 0 Å². The third-order valence-corrected chi connectivity index (χ3v) is 10.6. The van der Waals surface area contributed by atoms with E-state index < -0.39 is 8.32 Å². The lowest BCUT2D eigenvalue weighted by Crippen LogP contribution is -2.50. The van der Waals surface area contributed by atoms with Gasteiger partial charge in [-0.05, 0) is 41.2 Å². The van der Waals surface area contributed by atoms with Gasteiger partial charge in [-0.3, -0.25) is 0 Å². The van der Waals surface area contributed by atoms with Crippen LogP contribution in [0.4, 0.5) is 0 Å². The Balaban J connectivity index is 3.08. The zero-order valence-electron chi connectivity index (χ0n) is 14.5. The molecule has 3 heteroatoms. The lowest BCUT2D eigenvalue weighted by molar-refractivity contribution is 0.479. The first-order valence-corrected chi connectivity index (χ1v) is 10.1. The van der Waals surface area contributed by atoms with Crippen LogP contribution in [0.15, 0.2) is 24.3 Å². The topological polar surface area (TPSA) is 33.0 Å². The fourth-order valence-electron chi connectivity index (χ4n) is 3.46. The van der Waals surface area contributed by atoms with Crippen LogP contribution < -0.4 is 4.43 Å². The van der Waals surface area contributed by atoms with Crippen molar-refractivity contribution in [1.29, 1.82) is 5.26 Å². The summed E-state index contributed by atoms with van der Waals surface area (Å²) in [7, 11) is -1.89. The van der Waals surface area contributed by atoms with Crippen molar-refractivity contribution in [3.05, 3.63) is 29.8 Å². The Morgan fingerprint density at radius 1 is 0.857 bits per heavy atom. The van der Waals surface area contributed by atoms with E-state index in [1.807, 2.05) is 31.2 Å². The van der Waals surface area contributed by atoms with Crippen LogP contribution in [0.5, 0.6) is 5.75 Å². The molecule has 21 heavy (non-hydrogen) atoms. The summed E-state index contributed by atoms with van der Waals surface area (Å²) in [4.78, 5) is 0. The summed E-state index contributed by atoms with van der Waals surface area (Å²) in [6.45, 7) is 15.7. The SMILES string of the molecule is CC(C)[Si](Oc1ccc([C@H](C)C#N)cc1)(C(C)C)C(C)C. The van der Waals surface area contributed by atoms with Crippen LogP contribution in [0.1, 0.15) is 59.9 Å². The van der Waals surface area contributed by atoms with Crippen LogP contribution in [0.2, 0.25) is 16.6 Å². The number of rotatable bonds is 6. The van der Waals surface area contributed by atoms with E-state index in [0.29, 0.717) is 16.6 Å². The van der Waals surface area contributed by atoms with Gasteiger partial charge in [-0.2, -0.15) is 5.26 Å². The van der Waals surface area contributed by atoms with Gasteiger partial charge >= 0.3 is 0 Å². The van der Waals surface area contributed by atoms with Crippen molar-refractivity contribution in [2.45, 2.75) is 71.0 Å². The van der Waals surface area contributed by atoms with Crippen LogP contribution in [0.25, 0.3) is 0 Å². The van der Waals surface area contributed by atoms with E-state index in [1.54, 1.807) is 0 Å². The van der Waals surface area contributed by atoms with Gasteiger partial charge in [0, 0.05) is 0 Å². The molecule has 1 aromatic carbocycles. The molecular weight excluding hydrogens is 274 g/mol. The van der Waals surface area contributed by atoms with Gasteiger partial charge in [0.2, 0.25) is 0 Å². The zero-order valence-corrected chi connectivity index (χ0v) is 15.5. The first-order chi connectivity index (χ1) is 9.75. The molecule has 0 aliphatic heterocycles. The molecule has 0 aliphatic rings. The molecule has 0 saturated heterocycles. The summed E-state index contributed by atoms with van der Waals surface area (Å²) >= 11 is 0. The summed E-state index contributed by atoms with van der Waals surface area (Å²) in [6, 6.07) is 10.4. The van der Waals surface area contributed by atoms with Gasteiger partial charge in [-0.1, -0.05) is 53.7 Å². The highest BCUT2D eigenvalue weighted by Gasteiger charge is 2.46. The largest absolute Gasteiger partial charge is 0.543 e. The molecule has 2 nitrogen and oxygen atoms in total. The van der Waals surface area contributed by atoms with Gasteiger partial charge in [0.1, 0.15) is 5.75 Å². The highest BCUT2D eigenvalue weighted by Crippen LogP contribution is 2.42. The smallest absolute Gasteiger partial charge is 0.258 e. The Hall–Kier alpha value is -1.27. The first kappa shape index (κ1) is 17.8. The molecule has 0 saturated carbocycles. The third kappa shape index (κ3) is 3.68. The number of hydrogen-bond acceptors (Lipinski definition) is 2. The first-order valence-electron chi connectivity index (χ1n) is 7.94. The Labute approximate surface area is 131 Å². The van der Waals surface area contributed by atoms with Crippen molar-refractivity contribution in [3.8, 4) is 11.8 Å². The van der Waals surface area contributed by atoms with Gasteiger partial charge < -0.3 is 4.43 Å². The van der Waals surface area contributed by atoms with E-state index in [9.17, 15) is 0 Å². The van der Waals surface area contributed by atoms with E-state index in [2.05, 4.69) is 47.6 Å². The Kier molecular flexibility index (Phi) is 6.04. The normalized spacial score (nSPS) is 13.6. The van der Waals surface area contributed by atoms with E-state index in [4.69, 9.17) is 9.69 Å². The van der Waals surface area contributed by atoms with Crippen LogP contribution in [-0.2, 0) is 0 Å². The molecule has 1 atom stereocenters. The van der Waals surface area contributed by atoms with E-state index in [-0.39, 0.29) is 5.92 Å². The maximum atomic E-state index is 8.99. The second kappa shape index (κ2) is 7.13. The maximum Gasteiger partial charge on any atom is 0.258 e. The maximum absolute atomic E-state index is 8.99. The molecule has 0 aromatic heterocycles. The second-order valence-electron chi connectivity index (χ2n) is 6.84. The molecule has 1 aromatic rings. The highest BCUT2D eigenvalue weighted by atomic mass is 28.4. The standard InChI is InChI=1S/C18H29NOSi/c1-13(2)21(14(3)4,15(5)6)20-18-10-8-17(9-11-18)16(7)12-19/h8-11,13-16H,1-7H3/t16-/m1/s1. The molecule has 0 aliphatic carbocycles. The summed E-state index contributed by atoms with van der Waals surface area (Å²) in [5.74, 6) is 0.882. The molecule has 1 rings (SSSR count). The quantitative estimate of drug-likeness (QED) is 0.616. The minimum Gasteiger partial charge on any atom is -0.543 e. The van der Waals surface area contributed by atoms with E-state index in [1.165, 1.54) is 0 Å². The average molecular weight is 304 g/mol. The molecule has 0 fully saturated rings. The van der Waals surface area contributed by atoms with Crippen molar-refractivity contribution in [1.82, 2.24) is 0 Å². The molecular formula is C18H29NOSi. The fraction of sp³-hybridized carbons (Fsp3) is 0.611. The average Bonchev–Trinajstić information content (AvgIpc) is 2.43. The molecule has 0 spiro atoms. The molecule has 116 valence electrons. The van der Waals surface area contributed by atoms with E-state index in [0.717, 1.165) is 11.3 Å². The monoisotopic (exact) mass is 303 g/mol. The zero-order chi connectivity index (χ0) is 16.2. The summed E-state index contributed by atoms with van der Waals surface area (Å²) in [6.07, 6.45) is 0. The lowest BCUT2D eigenvalue weighted by atomic mass is 10.0. The Bertz CT molecular complexity index is 463. The van der Waals surface area contributed by atoms with Crippen molar-refractivity contribution in [2.24, 2.45) is 0 Å². The number of benzene rings is 1. The molecule has 0 bridgehead atoms. The minimum atomic E-state index is -1.89. The second-order valence-corrected chi connectivity index (χ2v) is 12.2. The van der Waals surface area contributed by atoms with Crippen LogP contribution in [0, 0.1) is 11.3 Å². The Morgan fingerprint density at radius 3 is 1.62 bits per heavy atom. The van der Waals surface area contributed by atoms with Crippen molar-refractivity contribution >= 4 is 8.32 Å². The Morgan fingerprint density at radius 2 is 1.29 bits per heavy atom.